The molecule has 2 N–H and O–H groups in total. The van der Waals surface area contributed by atoms with Crippen molar-refractivity contribution in [3.8, 4) is 0 Å². The Balaban J connectivity index is 1.68. The second-order valence-corrected chi connectivity index (χ2v) is 9.63. The van der Waals surface area contributed by atoms with Crippen LogP contribution < -0.4 is 10.6 Å². The van der Waals surface area contributed by atoms with Crippen molar-refractivity contribution >= 4 is 58.2 Å². The molecule has 10 nitrogen and oxygen atoms in total. The minimum absolute atomic E-state index is 0.0589. The number of thioether (sulfide) groups is 1. The number of carbonyl (C=O) groups is 2. The molecule has 35 heavy (non-hydrogen) atoms. The molecule has 0 aliphatic heterocycles. The van der Waals surface area contributed by atoms with Gasteiger partial charge in [0.1, 0.15) is 0 Å². The van der Waals surface area contributed by atoms with Gasteiger partial charge in [0.25, 0.3) is 11.6 Å². The van der Waals surface area contributed by atoms with Gasteiger partial charge in [0, 0.05) is 30.4 Å². The van der Waals surface area contributed by atoms with Crippen LogP contribution >= 0.6 is 35.0 Å². The highest BCUT2D eigenvalue weighted by atomic mass is 35.5. The number of nitrogens with zero attached hydrogens (tertiary/aromatic N) is 4. The molecule has 0 bridgehead atoms. The van der Waals surface area contributed by atoms with E-state index in [-0.39, 0.29) is 28.8 Å². The van der Waals surface area contributed by atoms with Crippen molar-refractivity contribution in [2.45, 2.75) is 25.0 Å². The molecule has 1 heterocycles. The smallest absolute Gasteiger partial charge is 0.270 e. The van der Waals surface area contributed by atoms with Gasteiger partial charge in [0.05, 0.1) is 26.8 Å². The number of nitrogens with one attached hydrogen (secondary N) is 2. The Kier molecular flexibility index (Phi) is 8.71. The summed E-state index contributed by atoms with van der Waals surface area (Å²) in [6, 6.07) is 9.78. The van der Waals surface area contributed by atoms with Crippen LogP contribution in [0.3, 0.4) is 0 Å². The van der Waals surface area contributed by atoms with Crippen LogP contribution in [0.1, 0.15) is 36.1 Å². The summed E-state index contributed by atoms with van der Waals surface area (Å²) in [5, 5.41) is 26.2. The molecule has 0 unspecified atom stereocenters. The highest BCUT2D eigenvalue weighted by Gasteiger charge is 2.26. The quantitative estimate of drug-likeness (QED) is 0.226. The second-order valence-electron chi connectivity index (χ2n) is 7.87. The number of amides is 2. The molecule has 0 radical (unpaired) electrons. The number of aromatic nitrogens is 3. The van der Waals surface area contributed by atoms with Gasteiger partial charge in [-0.3, -0.25) is 19.7 Å². The lowest BCUT2D eigenvalue weighted by atomic mass is 10.0. The summed E-state index contributed by atoms with van der Waals surface area (Å²) in [5.41, 5.74) is 0.517. The lowest BCUT2D eigenvalue weighted by molar-refractivity contribution is -0.384. The van der Waals surface area contributed by atoms with Crippen LogP contribution in [-0.4, -0.2) is 37.3 Å². The first-order valence-electron chi connectivity index (χ1n) is 10.4. The van der Waals surface area contributed by atoms with Crippen molar-refractivity contribution in [2.75, 3.05) is 11.1 Å². The van der Waals surface area contributed by atoms with Crippen LogP contribution in [0.15, 0.2) is 47.6 Å². The molecule has 0 saturated carbocycles. The number of non-ortho nitro benzene ring substituents is 1. The molecule has 2 aromatic carbocycles. The van der Waals surface area contributed by atoms with Crippen LogP contribution in [0.4, 0.5) is 11.4 Å². The monoisotopic (exact) mass is 536 g/mol. The van der Waals surface area contributed by atoms with E-state index in [1.807, 2.05) is 13.8 Å². The predicted octanol–water partition coefficient (Wildman–Crippen LogP) is 4.89. The topological polar surface area (TPSA) is 132 Å². The molecule has 0 spiro atoms. The minimum Gasteiger partial charge on any atom is -0.342 e. The van der Waals surface area contributed by atoms with Crippen LogP contribution in [0.5, 0.6) is 0 Å². The van der Waals surface area contributed by atoms with Gasteiger partial charge < -0.3 is 15.2 Å². The van der Waals surface area contributed by atoms with Crippen LogP contribution in [0, 0.1) is 16.0 Å². The van der Waals surface area contributed by atoms with Gasteiger partial charge in [0.15, 0.2) is 11.0 Å². The molecular weight excluding hydrogens is 515 g/mol. The van der Waals surface area contributed by atoms with Crippen molar-refractivity contribution in [3.63, 3.8) is 0 Å². The lowest BCUT2D eigenvalue weighted by Crippen LogP contribution is -2.33. The third kappa shape index (κ3) is 6.71. The molecule has 1 atom stereocenters. The zero-order valence-corrected chi connectivity index (χ0v) is 21.3. The lowest BCUT2D eigenvalue weighted by Gasteiger charge is -2.21. The highest BCUT2D eigenvalue weighted by Crippen LogP contribution is 2.27. The van der Waals surface area contributed by atoms with E-state index in [0.29, 0.717) is 26.7 Å². The van der Waals surface area contributed by atoms with Gasteiger partial charge in [-0.25, -0.2) is 0 Å². The van der Waals surface area contributed by atoms with Crippen molar-refractivity contribution in [1.29, 1.82) is 0 Å². The number of nitro groups is 1. The zero-order valence-electron chi connectivity index (χ0n) is 19.0. The normalized spacial score (nSPS) is 11.8. The van der Waals surface area contributed by atoms with E-state index < -0.39 is 16.9 Å². The zero-order chi connectivity index (χ0) is 25.7. The summed E-state index contributed by atoms with van der Waals surface area (Å²) in [4.78, 5) is 35.6. The fraction of sp³-hybridized carbons (Fsp3) is 0.273. The molecule has 3 rings (SSSR count). The van der Waals surface area contributed by atoms with Gasteiger partial charge in [-0.1, -0.05) is 54.9 Å². The van der Waals surface area contributed by atoms with Crippen molar-refractivity contribution in [1.82, 2.24) is 20.1 Å². The maximum atomic E-state index is 12.8. The molecule has 3 aromatic rings. The molecule has 0 aliphatic rings. The van der Waals surface area contributed by atoms with Crippen LogP contribution in [0.2, 0.25) is 10.0 Å². The molecule has 0 saturated heterocycles. The number of anilines is 1. The highest BCUT2D eigenvalue weighted by molar-refractivity contribution is 7.99. The third-order valence-electron chi connectivity index (χ3n) is 4.95. The largest absolute Gasteiger partial charge is 0.342 e. The average molecular weight is 537 g/mol. The Morgan fingerprint density at radius 2 is 1.89 bits per heavy atom. The SMILES string of the molecule is CC(C)[C@@H](NC(=O)c1cccc([N+](=O)[O-])c1)c1nnc(SCC(=O)Nc2ccc(Cl)c(Cl)c2)n1C. The number of benzene rings is 2. The van der Waals surface area contributed by atoms with Gasteiger partial charge >= 0.3 is 0 Å². The van der Waals surface area contributed by atoms with E-state index in [1.165, 1.54) is 36.0 Å². The van der Waals surface area contributed by atoms with Gasteiger partial charge in [-0.2, -0.15) is 0 Å². The third-order valence-corrected chi connectivity index (χ3v) is 6.71. The number of rotatable bonds is 9. The maximum Gasteiger partial charge on any atom is 0.270 e. The predicted molar refractivity (Wildman–Crippen MR) is 135 cm³/mol. The minimum atomic E-state index is -0.555. The van der Waals surface area contributed by atoms with Crippen LogP contribution in [-0.2, 0) is 11.8 Å². The number of carbonyl (C=O) groups excluding carboxylic acids is 2. The molecule has 2 amide bonds. The number of nitro benzene ring substituents is 1. The van der Waals surface area contributed by atoms with E-state index in [2.05, 4.69) is 20.8 Å². The Labute approximate surface area is 215 Å². The van der Waals surface area contributed by atoms with Gasteiger partial charge in [-0.15, -0.1) is 10.2 Å². The number of hydrogen-bond donors (Lipinski definition) is 2. The van der Waals surface area contributed by atoms with E-state index in [0.717, 1.165) is 0 Å². The maximum absolute atomic E-state index is 12.8. The Morgan fingerprint density at radius 3 is 2.54 bits per heavy atom. The molecule has 13 heteroatoms. The first-order chi connectivity index (χ1) is 16.6. The fourth-order valence-electron chi connectivity index (χ4n) is 3.14. The first-order valence-corrected chi connectivity index (χ1v) is 12.1. The fourth-order valence-corrected chi connectivity index (χ4v) is 4.15. The summed E-state index contributed by atoms with van der Waals surface area (Å²) in [7, 11) is 1.74. The van der Waals surface area contributed by atoms with Crippen molar-refractivity contribution < 1.29 is 14.5 Å². The number of hydrogen-bond acceptors (Lipinski definition) is 7. The number of halogens is 2. The van der Waals surface area contributed by atoms with E-state index in [1.54, 1.807) is 29.8 Å². The van der Waals surface area contributed by atoms with E-state index >= 15 is 0 Å². The Morgan fingerprint density at radius 1 is 1.14 bits per heavy atom. The average Bonchev–Trinajstić information content (AvgIpc) is 3.18. The summed E-state index contributed by atoms with van der Waals surface area (Å²) >= 11 is 13.0. The summed E-state index contributed by atoms with van der Waals surface area (Å²) < 4.78 is 1.70. The van der Waals surface area contributed by atoms with Crippen LogP contribution in [0.25, 0.3) is 0 Å². The van der Waals surface area contributed by atoms with Gasteiger partial charge in [0.2, 0.25) is 5.91 Å². The molecule has 184 valence electrons. The standard InChI is InChI=1S/C22H22Cl2N6O4S/c1-12(2)19(26-21(32)13-5-4-6-15(9-13)30(33)34)20-27-28-22(29(20)3)35-11-18(31)25-14-7-8-16(23)17(24)10-14/h4-10,12,19H,11H2,1-3H3,(H,25,31)(H,26,32)/t19-/m1/s1. The summed E-state index contributed by atoms with van der Waals surface area (Å²) in [6.45, 7) is 3.81. The van der Waals surface area contributed by atoms with Crippen molar-refractivity contribution in [2.24, 2.45) is 13.0 Å². The summed E-state index contributed by atoms with van der Waals surface area (Å²) in [6.07, 6.45) is 0. The van der Waals surface area contributed by atoms with E-state index in [4.69, 9.17) is 23.2 Å². The molecule has 0 aliphatic carbocycles. The van der Waals surface area contributed by atoms with Crippen molar-refractivity contribution in [3.05, 3.63) is 74.0 Å². The summed E-state index contributed by atoms with van der Waals surface area (Å²) in [5.74, 6) is -0.232. The molecule has 0 fully saturated rings. The Bertz CT molecular complexity index is 1270. The van der Waals surface area contributed by atoms with E-state index in [9.17, 15) is 19.7 Å². The molecule has 1 aromatic heterocycles. The first kappa shape index (κ1) is 26.5. The second kappa shape index (κ2) is 11.5. The molecular formula is C22H22Cl2N6O4S. The van der Waals surface area contributed by atoms with Gasteiger partial charge in [-0.05, 0) is 30.2 Å². The Hall–Kier alpha value is -3.15.